The third-order valence-corrected chi connectivity index (χ3v) is 2.99. The molecule has 0 amide bonds. The van der Waals surface area contributed by atoms with Gasteiger partial charge in [-0.25, -0.2) is 0 Å². The molecule has 0 aromatic carbocycles. The minimum absolute atomic E-state index is 0.281. The normalized spacial score (nSPS) is 24.0. The van der Waals surface area contributed by atoms with E-state index < -0.39 is 0 Å². The number of furan rings is 1. The van der Waals surface area contributed by atoms with Crippen molar-refractivity contribution in [2.24, 2.45) is 5.92 Å². The molecule has 0 spiro atoms. The van der Waals surface area contributed by atoms with E-state index in [9.17, 15) is 5.11 Å². The molecule has 3 nitrogen and oxygen atoms in total. The van der Waals surface area contributed by atoms with Crippen molar-refractivity contribution >= 4 is 15.9 Å². The monoisotopic (exact) mass is 260 g/mol. The average molecular weight is 261 g/mol. The Morgan fingerprint density at radius 1 is 1.64 bits per heavy atom. The maximum atomic E-state index is 9.87. The van der Waals surface area contributed by atoms with Gasteiger partial charge in [0.25, 0.3) is 0 Å². The van der Waals surface area contributed by atoms with Gasteiger partial charge in [0.05, 0.1) is 19.0 Å². The maximum Gasteiger partial charge on any atom is 0.169 e. The van der Waals surface area contributed by atoms with Gasteiger partial charge in [-0.05, 0) is 34.0 Å². The average Bonchev–Trinajstić information content (AvgIpc) is 2.75. The van der Waals surface area contributed by atoms with Crippen LogP contribution < -0.4 is 0 Å². The van der Waals surface area contributed by atoms with E-state index in [0.717, 1.165) is 18.6 Å². The molecule has 1 aromatic heterocycles. The van der Waals surface area contributed by atoms with Crippen LogP contribution >= 0.6 is 15.9 Å². The fourth-order valence-electron chi connectivity index (χ4n) is 1.72. The number of aliphatic hydroxyl groups excluding tert-OH is 1. The Kier molecular flexibility index (Phi) is 3.26. The molecule has 4 heteroatoms. The zero-order chi connectivity index (χ0) is 9.97. The SMILES string of the molecule is OC(Cc1coc(Br)c1)C1CCOC1. The summed E-state index contributed by atoms with van der Waals surface area (Å²) in [5, 5.41) is 9.87. The van der Waals surface area contributed by atoms with E-state index in [1.165, 1.54) is 0 Å². The molecule has 0 saturated carbocycles. The summed E-state index contributed by atoms with van der Waals surface area (Å²) in [6, 6.07) is 1.89. The van der Waals surface area contributed by atoms with E-state index in [4.69, 9.17) is 9.15 Å². The number of rotatable bonds is 3. The minimum atomic E-state index is -0.318. The molecule has 1 N–H and O–H groups in total. The summed E-state index contributed by atoms with van der Waals surface area (Å²) in [4.78, 5) is 0. The summed E-state index contributed by atoms with van der Waals surface area (Å²) in [5.41, 5.74) is 1.02. The van der Waals surface area contributed by atoms with Crippen LogP contribution in [0, 0.1) is 5.92 Å². The molecule has 2 heterocycles. The Morgan fingerprint density at radius 2 is 2.50 bits per heavy atom. The Labute approximate surface area is 91.2 Å². The molecule has 78 valence electrons. The van der Waals surface area contributed by atoms with E-state index in [2.05, 4.69) is 15.9 Å². The fourth-order valence-corrected chi connectivity index (χ4v) is 2.10. The Balaban J connectivity index is 1.90. The lowest BCUT2D eigenvalue weighted by molar-refractivity contribution is 0.0917. The first-order valence-corrected chi connectivity index (χ1v) is 5.54. The van der Waals surface area contributed by atoms with Crippen molar-refractivity contribution in [2.75, 3.05) is 13.2 Å². The van der Waals surface area contributed by atoms with Crippen LogP contribution in [0.1, 0.15) is 12.0 Å². The zero-order valence-electron chi connectivity index (χ0n) is 7.78. The molecule has 0 bridgehead atoms. The molecule has 1 saturated heterocycles. The standard InChI is InChI=1S/C10H13BrO3/c11-10-4-7(5-14-10)3-9(12)8-1-2-13-6-8/h4-5,8-9,12H,1-3,6H2. The lowest BCUT2D eigenvalue weighted by Crippen LogP contribution is -2.22. The van der Waals surface area contributed by atoms with Gasteiger partial charge < -0.3 is 14.3 Å². The molecule has 0 radical (unpaired) electrons. The predicted molar refractivity (Wildman–Crippen MR) is 55.0 cm³/mol. The largest absolute Gasteiger partial charge is 0.457 e. The molecular weight excluding hydrogens is 248 g/mol. The summed E-state index contributed by atoms with van der Waals surface area (Å²) in [6.45, 7) is 1.46. The van der Waals surface area contributed by atoms with Crippen molar-refractivity contribution in [3.05, 3.63) is 22.6 Å². The molecule has 1 fully saturated rings. The summed E-state index contributed by atoms with van der Waals surface area (Å²) in [5.74, 6) is 0.281. The van der Waals surface area contributed by atoms with Crippen molar-refractivity contribution in [2.45, 2.75) is 18.9 Å². The second-order valence-electron chi connectivity index (χ2n) is 3.65. The topological polar surface area (TPSA) is 42.6 Å². The minimum Gasteiger partial charge on any atom is -0.457 e. The van der Waals surface area contributed by atoms with Crippen molar-refractivity contribution in [3.63, 3.8) is 0 Å². The smallest absolute Gasteiger partial charge is 0.169 e. The summed E-state index contributed by atoms with van der Waals surface area (Å²) in [7, 11) is 0. The van der Waals surface area contributed by atoms with Gasteiger partial charge in [0.2, 0.25) is 0 Å². The molecule has 1 aliphatic rings. The first kappa shape index (κ1) is 10.2. The first-order valence-electron chi connectivity index (χ1n) is 4.74. The highest BCUT2D eigenvalue weighted by molar-refractivity contribution is 9.10. The quantitative estimate of drug-likeness (QED) is 0.904. The Morgan fingerprint density at radius 3 is 3.07 bits per heavy atom. The van der Waals surface area contributed by atoms with Crippen LogP contribution in [0.3, 0.4) is 0 Å². The molecule has 1 aromatic rings. The summed E-state index contributed by atoms with van der Waals surface area (Å²) < 4.78 is 11.0. The van der Waals surface area contributed by atoms with Gasteiger partial charge in [0.15, 0.2) is 4.67 Å². The van der Waals surface area contributed by atoms with Crippen LogP contribution in [-0.2, 0) is 11.2 Å². The van der Waals surface area contributed by atoms with Crippen molar-refractivity contribution in [1.82, 2.24) is 0 Å². The van der Waals surface area contributed by atoms with E-state index in [1.54, 1.807) is 6.26 Å². The fraction of sp³-hybridized carbons (Fsp3) is 0.600. The highest BCUT2D eigenvalue weighted by atomic mass is 79.9. The number of hydrogen-bond acceptors (Lipinski definition) is 3. The first-order chi connectivity index (χ1) is 6.75. The van der Waals surface area contributed by atoms with Crippen LogP contribution in [-0.4, -0.2) is 24.4 Å². The van der Waals surface area contributed by atoms with E-state index >= 15 is 0 Å². The maximum absolute atomic E-state index is 9.87. The lowest BCUT2D eigenvalue weighted by Gasteiger charge is -2.14. The third-order valence-electron chi connectivity index (χ3n) is 2.58. The molecule has 2 unspecified atom stereocenters. The van der Waals surface area contributed by atoms with Crippen LogP contribution in [0.2, 0.25) is 0 Å². The summed E-state index contributed by atoms with van der Waals surface area (Å²) in [6.07, 6.45) is 2.95. The van der Waals surface area contributed by atoms with Crippen LogP contribution in [0.4, 0.5) is 0 Å². The molecular formula is C10H13BrO3. The van der Waals surface area contributed by atoms with Gasteiger partial charge in [0.1, 0.15) is 0 Å². The van der Waals surface area contributed by atoms with E-state index in [0.29, 0.717) is 17.7 Å². The second-order valence-corrected chi connectivity index (χ2v) is 4.44. The van der Waals surface area contributed by atoms with Crippen LogP contribution in [0.5, 0.6) is 0 Å². The molecule has 1 aliphatic heterocycles. The molecule has 2 rings (SSSR count). The van der Waals surface area contributed by atoms with Gasteiger partial charge in [-0.15, -0.1) is 0 Å². The lowest BCUT2D eigenvalue weighted by atomic mass is 9.97. The molecule has 0 aliphatic carbocycles. The number of aliphatic hydroxyl groups is 1. The second kappa shape index (κ2) is 4.47. The number of ether oxygens (including phenoxy) is 1. The van der Waals surface area contributed by atoms with Gasteiger partial charge in [0, 0.05) is 18.9 Å². The number of hydrogen-bond donors (Lipinski definition) is 1. The highest BCUT2D eigenvalue weighted by Gasteiger charge is 2.24. The molecule has 14 heavy (non-hydrogen) atoms. The van der Waals surface area contributed by atoms with Crippen molar-refractivity contribution in [1.29, 1.82) is 0 Å². The summed E-state index contributed by atoms with van der Waals surface area (Å²) >= 11 is 3.23. The van der Waals surface area contributed by atoms with E-state index in [-0.39, 0.29) is 12.0 Å². The zero-order valence-corrected chi connectivity index (χ0v) is 9.37. The van der Waals surface area contributed by atoms with Gasteiger partial charge >= 0.3 is 0 Å². The van der Waals surface area contributed by atoms with Gasteiger partial charge in [-0.3, -0.25) is 0 Å². The molecule has 2 atom stereocenters. The van der Waals surface area contributed by atoms with Crippen LogP contribution in [0.15, 0.2) is 21.4 Å². The van der Waals surface area contributed by atoms with Gasteiger partial charge in [-0.2, -0.15) is 0 Å². The number of halogens is 1. The van der Waals surface area contributed by atoms with Crippen molar-refractivity contribution in [3.8, 4) is 0 Å². The van der Waals surface area contributed by atoms with Crippen molar-refractivity contribution < 1.29 is 14.3 Å². The van der Waals surface area contributed by atoms with E-state index in [1.807, 2.05) is 6.07 Å². The Bertz CT molecular complexity index is 291. The third kappa shape index (κ3) is 2.38. The highest BCUT2D eigenvalue weighted by Crippen LogP contribution is 2.22. The predicted octanol–water partition coefficient (Wildman–Crippen LogP) is 1.98. The Hall–Kier alpha value is -0.320. The van der Waals surface area contributed by atoms with Gasteiger partial charge in [-0.1, -0.05) is 0 Å². The van der Waals surface area contributed by atoms with Crippen LogP contribution in [0.25, 0.3) is 0 Å².